The molecule has 5 aliphatic carbocycles. The van der Waals surface area contributed by atoms with Crippen LogP contribution in [0.3, 0.4) is 0 Å². The third-order valence-electron chi connectivity index (χ3n) is 16.7. The Morgan fingerprint density at radius 1 is 0.603 bits per heavy atom. The fraction of sp³-hybridized carbons (Fsp3) is 0.226. The Bertz CT molecular complexity index is 3430. The van der Waals surface area contributed by atoms with E-state index < -0.39 is 0 Å². The van der Waals surface area contributed by atoms with Gasteiger partial charge in [0, 0.05) is 72.2 Å². The first kappa shape index (κ1) is 41.7. The van der Waals surface area contributed by atoms with Crippen LogP contribution in [0.4, 0.5) is 22.7 Å². The molecule has 6 heteroatoms. The van der Waals surface area contributed by atoms with E-state index in [1.165, 1.54) is 76.4 Å². The maximum Gasteiger partial charge on any atom is 0.135 e. The van der Waals surface area contributed by atoms with Crippen LogP contribution in [-0.4, -0.2) is 9.55 Å². The normalized spacial score (nSPS) is 22.6. The fourth-order valence-electron chi connectivity index (χ4n) is 13.9. The molecule has 0 N–H and O–H groups in total. The summed E-state index contributed by atoms with van der Waals surface area (Å²) in [5, 5.41) is 2.30. The van der Waals surface area contributed by atoms with Crippen molar-refractivity contribution in [2.45, 2.75) is 63.7 Å². The predicted octanol–water partition coefficient (Wildman–Crippen LogP) is 15.3. The number of aryl methyl sites for hydroxylation is 1. The third-order valence-corrected chi connectivity index (χ3v) is 16.7. The Morgan fingerprint density at radius 2 is 1.31 bits per heavy atom. The number of para-hydroxylation sites is 3. The van der Waals surface area contributed by atoms with Crippen molar-refractivity contribution in [1.29, 1.82) is 0 Å². The average Bonchev–Trinajstić information content (AvgIpc) is 3.97. The Morgan fingerprint density at radius 3 is 2.12 bits per heavy atom. The number of nitrogens with zero attached hydrogens (tertiary/aromatic N) is 4. The molecule has 0 amide bonds. The van der Waals surface area contributed by atoms with Gasteiger partial charge in [0.25, 0.3) is 0 Å². The van der Waals surface area contributed by atoms with Crippen molar-refractivity contribution in [3.05, 3.63) is 211 Å². The molecule has 0 radical (unpaired) electrons. The average molecular weight is 1060 g/mol. The summed E-state index contributed by atoms with van der Waals surface area (Å²) in [5.74, 6) is 5.19. The minimum atomic E-state index is -0.0892. The zero-order chi connectivity index (χ0) is 44.6. The number of pyridine rings is 1. The van der Waals surface area contributed by atoms with Crippen LogP contribution in [0.25, 0.3) is 38.8 Å². The maximum atomic E-state index is 6.74. The first-order valence-electron chi connectivity index (χ1n) is 24.3. The number of ether oxygens (including phenoxy) is 1. The van der Waals surface area contributed by atoms with E-state index in [0.29, 0.717) is 23.3 Å². The Hall–Kier alpha value is -6.42. The number of anilines is 4. The van der Waals surface area contributed by atoms with Gasteiger partial charge in [0.05, 0.1) is 0 Å². The fourth-order valence-corrected chi connectivity index (χ4v) is 13.9. The molecule has 3 heterocycles. The van der Waals surface area contributed by atoms with Crippen LogP contribution in [0.1, 0.15) is 73.8 Å². The van der Waals surface area contributed by atoms with Crippen molar-refractivity contribution in [2.75, 3.05) is 9.80 Å². The van der Waals surface area contributed by atoms with Gasteiger partial charge in [0.1, 0.15) is 5.82 Å². The molecule has 4 saturated carbocycles. The van der Waals surface area contributed by atoms with Gasteiger partial charge in [-0.2, -0.15) is 12.1 Å². The summed E-state index contributed by atoms with van der Waals surface area (Å²) in [6, 6.07) is 65.0. The van der Waals surface area contributed by atoms with Crippen molar-refractivity contribution in [2.24, 2.45) is 23.7 Å². The molecule has 7 aromatic carbocycles. The molecule has 0 unspecified atom stereocenters. The first-order chi connectivity index (χ1) is 32.8. The van der Waals surface area contributed by atoms with E-state index in [-0.39, 0.29) is 31.9 Å². The molecule has 2 aromatic heterocycles. The largest absolute Gasteiger partial charge is 0.509 e. The van der Waals surface area contributed by atoms with Crippen LogP contribution in [0.2, 0.25) is 0 Å². The quantitative estimate of drug-likeness (QED) is 0.149. The summed E-state index contributed by atoms with van der Waals surface area (Å²) in [6.45, 7) is 9.06. The molecule has 1 aliphatic heterocycles. The van der Waals surface area contributed by atoms with E-state index in [9.17, 15) is 0 Å². The van der Waals surface area contributed by atoms with Gasteiger partial charge in [-0.3, -0.25) is 0 Å². The monoisotopic (exact) mass is 1060 g/mol. The van der Waals surface area contributed by atoms with Gasteiger partial charge < -0.3 is 19.1 Å². The number of fused-ring (bicyclic) bond motifs is 7. The second-order valence-electron chi connectivity index (χ2n) is 20.6. The van der Waals surface area contributed by atoms with Gasteiger partial charge in [-0.25, -0.2) is 4.98 Å². The summed E-state index contributed by atoms with van der Waals surface area (Å²) >= 11 is 0. The molecule has 338 valence electrons. The molecule has 0 atom stereocenters. The van der Waals surface area contributed by atoms with Gasteiger partial charge in [0.15, 0.2) is 0 Å². The van der Waals surface area contributed by atoms with E-state index in [1.54, 1.807) is 0 Å². The van der Waals surface area contributed by atoms with Gasteiger partial charge in [0.2, 0.25) is 0 Å². The molecule has 15 rings (SSSR count). The Balaban J connectivity index is 0.00000457. The molecule has 9 aromatic rings. The van der Waals surface area contributed by atoms with Crippen LogP contribution in [0, 0.1) is 49.4 Å². The summed E-state index contributed by atoms with van der Waals surface area (Å²) in [6.07, 6.45) is 8.78. The molecule has 68 heavy (non-hydrogen) atoms. The van der Waals surface area contributed by atoms with Crippen molar-refractivity contribution in [3.8, 4) is 28.4 Å². The second-order valence-corrected chi connectivity index (χ2v) is 20.6. The third kappa shape index (κ3) is 6.13. The summed E-state index contributed by atoms with van der Waals surface area (Å²) in [7, 11) is 0. The van der Waals surface area contributed by atoms with E-state index >= 15 is 0 Å². The number of benzene rings is 7. The van der Waals surface area contributed by atoms with Crippen molar-refractivity contribution in [1.82, 2.24) is 9.55 Å². The van der Waals surface area contributed by atoms with Crippen LogP contribution in [0.5, 0.6) is 11.5 Å². The molecule has 0 saturated heterocycles. The molecule has 0 spiro atoms. The molecular formula is C62H51N4OPt-3. The van der Waals surface area contributed by atoms with Crippen LogP contribution < -0.4 is 14.5 Å². The van der Waals surface area contributed by atoms with Gasteiger partial charge >= 0.3 is 0 Å². The van der Waals surface area contributed by atoms with E-state index in [0.717, 1.165) is 56.8 Å². The first-order valence-corrected chi connectivity index (χ1v) is 24.3. The van der Waals surface area contributed by atoms with E-state index in [2.05, 4.69) is 200 Å². The van der Waals surface area contributed by atoms with Gasteiger partial charge in [-0.1, -0.05) is 110 Å². The number of hydrogen-bond donors (Lipinski definition) is 0. The maximum absolute atomic E-state index is 6.74. The molecular weight excluding hydrogens is 1010 g/mol. The number of rotatable bonds is 7. The SMILES string of the molecule is Cc1ccc(C2(c3ccnc(-n4c5[c-]c(Oc6[c-]c(N7[CH-]N(c8ccc9c(c8)C(C)(C)c8ccccc8-9)c8ccccc87)ccc6)ccc5c5ccccc54)c3)C3CC4CC(C3)CC2C4)cc1.[Pt]. The zero-order valence-electron chi connectivity index (χ0n) is 38.5. The number of aromatic nitrogens is 2. The van der Waals surface area contributed by atoms with E-state index in [1.807, 2.05) is 18.2 Å². The molecule has 4 bridgehead atoms. The standard InChI is InChI=1S/C62H51N4O.Pt/c1-39-19-21-42(22-20-39)62(44-30-40-29-41(32-44)33-45(62)31-40)43-27-28-63-60(34-43)66-56-16-7-5-14-52(56)53-26-24-49(37-59(53)66)67-48-12-10-11-46(35-48)64-38-65(58-18-9-8-17-57(58)64)47-23-25-51-50-13-4-6-15-54(50)61(2,3)55(51)36-47;/h4-28,34,36,38,40-41,44-45H,29-33H2,1-3H3;/q-3;. The van der Waals surface area contributed by atoms with E-state index in [4.69, 9.17) is 9.72 Å². The molecule has 4 fully saturated rings. The Kier molecular flexibility index (Phi) is 9.55. The summed E-state index contributed by atoms with van der Waals surface area (Å²) in [4.78, 5) is 9.68. The molecule has 5 nitrogen and oxygen atoms in total. The summed E-state index contributed by atoms with van der Waals surface area (Å²) < 4.78 is 9.05. The Labute approximate surface area is 413 Å². The smallest absolute Gasteiger partial charge is 0.135 e. The summed E-state index contributed by atoms with van der Waals surface area (Å²) in [5.41, 5.74) is 15.8. The molecule has 6 aliphatic rings. The van der Waals surface area contributed by atoms with Crippen LogP contribution >= 0.6 is 0 Å². The topological polar surface area (TPSA) is 33.5 Å². The van der Waals surface area contributed by atoms with Crippen LogP contribution in [-0.2, 0) is 31.9 Å². The minimum Gasteiger partial charge on any atom is -0.509 e. The van der Waals surface area contributed by atoms with Crippen molar-refractivity contribution < 1.29 is 25.8 Å². The van der Waals surface area contributed by atoms with Gasteiger partial charge in [-0.05, 0) is 144 Å². The van der Waals surface area contributed by atoms with Crippen LogP contribution in [0.15, 0.2) is 164 Å². The number of hydrogen-bond acceptors (Lipinski definition) is 4. The zero-order valence-corrected chi connectivity index (χ0v) is 40.8. The minimum absolute atomic E-state index is 0. The van der Waals surface area contributed by atoms with Crippen molar-refractivity contribution in [3.63, 3.8) is 0 Å². The second kappa shape index (κ2) is 15.6. The van der Waals surface area contributed by atoms with Gasteiger partial charge in [-0.15, -0.1) is 48.1 Å². The predicted molar refractivity (Wildman–Crippen MR) is 271 cm³/mol. The van der Waals surface area contributed by atoms with Crippen molar-refractivity contribution >= 4 is 44.6 Å².